The molecule has 126 valence electrons. The molecule has 1 amide bonds. The molecule has 1 fully saturated rings. The third-order valence-electron chi connectivity index (χ3n) is 4.40. The van der Waals surface area contributed by atoms with E-state index in [2.05, 4.69) is 0 Å². The number of carbonyl (C=O) groups excluding carboxylic acids is 1. The number of amides is 1. The van der Waals surface area contributed by atoms with Crippen LogP contribution < -0.4 is 0 Å². The molecule has 0 saturated carbocycles. The van der Waals surface area contributed by atoms with E-state index in [0.717, 1.165) is 23.1 Å². The van der Waals surface area contributed by atoms with Crippen LogP contribution in [0, 0.1) is 6.92 Å². The van der Waals surface area contributed by atoms with E-state index in [9.17, 15) is 9.90 Å². The molecule has 1 aliphatic heterocycles. The van der Waals surface area contributed by atoms with Gasteiger partial charge in [-0.3, -0.25) is 0 Å². The lowest BCUT2D eigenvalue weighted by Crippen LogP contribution is -2.29. The molecule has 3 rings (SSSR count). The molecule has 1 heterocycles. The molecule has 0 aromatic heterocycles. The quantitative estimate of drug-likeness (QED) is 0.892. The maximum Gasteiger partial charge on any atom is 0.410 e. The lowest BCUT2D eigenvalue weighted by molar-refractivity contribution is 0.104. The summed E-state index contributed by atoms with van der Waals surface area (Å²) >= 11 is 6.03. The van der Waals surface area contributed by atoms with Gasteiger partial charge in [0.15, 0.2) is 0 Å². The fourth-order valence-electron chi connectivity index (χ4n) is 3.01. The summed E-state index contributed by atoms with van der Waals surface area (Å²) < 4.78 is 5.37. The zero-order valence-corrected chi connectivity index (χ0v) is 14.3. The molecular formula is C19H20ClNO3. The van der Waals surface area contributed by atoms with Crippen molar-refractivity contribution in [1.82, 2.24) is 4.90 Å². The van der Waals surface area contributed by atoms with Crippen LogP contribution in [0.15, 0.2) is 42.5 Å². The van der Waals surface area contributed by atoms with Crippen molar-refractivity contribution in [3.63, 3.8) is 0 Å². The number of carbonyl (C=O) groups is 1. The fourth-order valence-corrected chi connectivity index (χ4v) is 3.17. The monoisotopic (exact) mass is 345 g/mol. The number of hydrogen-bond acceptors (Lipinski definition) is 3. The number of aryl methyl sites for hydroxylation is 1. The van der Waals surface area contributed by atoms with Crippen LogP contribution >= 0.6 is 11.6 Å². The van der Waals surface area contributed by atoms with Crippen LogP contribution in [0.25, 0.3) is 0 Å². The number of aromatic hydroxyl groups is 1. The van der Waals surface area contributed by atoms with E-state index >= 15 is 0 Å². The van der Waals surface area contributed by atoms with Crippen molar-refractivity contribution < 1.29 is 14.6 Å². The third-order valence-corrected chi connectivity index (χ3v) is 4.81. The van der Waals surface area contributed by atoms with Crippen molar-refractivity contribution in [2.45, 2.75) is 25.9 Å². The Morgan fingerprint density at radius 2 is 2.08 bits per heavy atom. The van der Waals surface area contributed by atoms with Crippen molar-refractivity contribution in [3.8, 4) is 5.75 Å². The number of hydrogen-bond donors (Lipinski definition) is 1. The SMILES string of the molecule is Cc1cc(C2CCN(C(=O)OCc3ccccc3)C2)c(O)cc1Cl. The summed E-state index contributed by atoms with van der Waals surface area (Å²) in [5.41, 5.74) is 2.73. The predicted molar refractivity (Wildman–Crippen MR) is 93.4 cm³/mol. The van der Waals surface area contributed by atoms with Crippen LogP contribution in [0.2, 0.25) is 5.02 Å². The van der Waals surface area contributed by atoms with Gasteiger partial charge in [-0.15, -0.1) is 0 Å². The Morgan fingerprint density at radius 1 is 1.33 bits per heavy atom. The summed E-state index contributed by atoms with van der Waals surface area (Å²) in [7, 11) is 0. The van der Waals surface area contributed by atoms with Gasteiger partial charge in [0.05, 0.1) is 0 Å². The van der Waals surface area contributed by atoms with E-state index in [-0.39, 0.29) is 24.4 Å². The molecule has 0 radical (unpaired) electrons. The molecule has 1 N–H and O–H groups in total. The average Bonchev–Trinajstić information content (AvgIpc) is 3.07. The fraction of sp³-hybridized carbons (Fsp3) is 0.316. The van der Waals surface area contributed by atoms with Gasteiger partial charge in [-0.25, -0.2) is 4.79 Å². The number of rotatable bonds is 3. The van der Waals surface area contributed by atoms with Gasteiger partial charge in [-0.05, 0) is 36.1 Å². The van der Waals surface area contributed by atoms with E-state index in [0.29, 0.717) is 18.1 Å². The number of phenolic OH excluding ortho intramolecular Hbond substituents is 1. The lowest BCUT2D eigenvalue weighted by atomic mass is 9.96. The standard InChI is InChI=1S/C19H20ClNO3/c1-13-9-16(18(22)10-17(13)20)15-7-8-21(11-15)19(23)24-12-14-5-3-2-4-6-14/h2-6,9-10,15,22H,7-8,11-12H2,1H3. The van der Waals surface area contributed by atoms with E-state index in [1.54, 1.807) is 11.0 Å². The third kappa shape index (κ3) is 3.65. The average molecular weight is 346 g/mol. The molecule has 24 heavy (non-hydrogen) atoms. The van der Waals surface area contributed by atoms with Crippen LogP contribution in [-0.2, 0) is 11.3 Å². The minimum Gasteiger partial charge on any atom is -0.508 e. The van der Waals surface area contributed by atoms with Gasteiger partial charge in [0.1, 0.15) is 12.4 Å². The second-order valence-electron chi connectivity index (χ2n) is 6.13. The van der Waals surface area contributed by atoms with Gasteiger partial charge in [0.2, 0.25) is 0 Å². The minimum atomic E-state index is -0.313. The van der Waals surface area contributed by atoms with Crippen molar-refractivity contribution in [3.05, 3.63) is 64.2 Å². The van der Waals surface area contributed by atoms with Crippen LogP contribution in [-0.4, -0.2) is 29.2 Å². The van der Waals surface area contributed by atoms with Gasteiger partial charge < -0.3 is 14.7 Å². The van der Waals surface area contributed by atoms with Crippen molar-refractivity contribution in [2.24, 2.45) is 0 Å². The van der Waals surface area contributed by atoms with Gasteiger partial charge in [-0.2, -0.15) is 0 Å². The molecular weight excluding hydrogens is 326 g/mol. The minimum absolute atomic E-state index is 0.102. The first-order chi connectivity index (χ1) is 11.5. The van der Waals surface area contributed by atoms with Gasteiger partial charge >= 0.3 is 6.09 Å². The topological polar surface area (TPSA) is 49.8 Å². The van der Waals surface area contributed by atoms with Crippen molar-refractivity contribution >= 4 is 17.7 Å². The number of ether oxygens (including phenoxy) is 1. The highest BCUT2D eigenvalue weighted by Crippen LogP contribution is 2.36. The number of phenols is 1. The Hall–Kier alpha value is -2.20. The molecule has 0 spiro atoms. The van der Waals surface area contributed by atoms with Crippen molar-refractivity contribution in [2.75, 3.05) is 13.1 Å². The zero-order valence-electron chi connectivity index (χ0n) is 13.5. The summed E-state index contributed by atoms with van der Waals surface area (Å²) in [5.74, 6) is 0.292. The molecule has 0 bridgehead atoms. The molecule has 1 unspecified atom stereocenters. The molecule has 1 atom stereocenters. The number of likely N-dealkylation sites (tertiary alicyclic amines) is 1. The van der Waals surface area contributed by atoms with Crippen LogP contribution in [0.1, 0.15) is 29.0 Å². The summed E-state index contributed by atoms with van der Waals surface area (Å²) in [6, 6.07) is 13.1. The maximum atomic E-state index is 12.2. The highest BCUT2D eigenvalue weighted by atomic mass is 35.5. The first-order valence-electron chi connectivity index (χ1n) is 7.99. The molecule has 5 heteroatoms. The van der Waals surface area contributed by atoms with E-state index < -0.39 is 0 Å². The summed E-state index contributed by atoms with van der Waals surface area (Å²) in [4.78, 5) is 13.9. The Morgan fingerprint density at radius 3 is 2.83 bits per heavy atom. The molecule has 2 aromatic carbocycles. The smallest absolute Gasteiger partial charge is 0.410 e. The summed E-state index contributed by atoms with van der Waals surface area (Å²) in [6.45, 7) is 3.35. The number of nitrogens with zero attached hydrogens (tertiary/aromatic N) is 1. The molecule has 1 aliphatic rings. The van der Waals surface area contributed by atoms with Crippen LogP contribution in [0.3, 0.4) is 0 Å². The predicted octanol–water partition coefficient (Wildman–Crippen LogP) is 4.48. The lowest BCUT2D eigenvalue weighted by Gasteiger charge is -2.17. The maximum absolute atomic E-state index is 12.2. The Kier molecular flexibility index (Phi) is 4.95. The molecule has 0 aliphatic carbocycles. The Labute approximate surface area is 146 Å². The highest BCUT2D eigenvalue weighted by Gasteiger charge is 2.30. The van der Waals surface area contributed by atoms with Gasteiger partial charge in [0.25, 0.3) is 0 Å². The van der Waals surface area contributed by atoms with Crippen molar-refractivity contribution in [1.29, 1.82) is 0 Å². The first kappa shape index (κ1) is 16.7. The van der Waals surface area contributed by atoms with Gasteiger partial charge in [-0.1, -0.05) is 48.0 Å². The van der Waals surface area contributed by atoms with Crippen LogP contribution in [0.5, 0.6) is 5.75 Å². The second kappa shape index (κ2) is 7.14. The zero-order chi connectivity index (χ0) is 17.1. The summed E-state index contributed by atoms with van der Waals surface area (Å²) in [5, 5.41) is 10.7. The summed E-state index contributed by atoms with van der Waals surface area (Å²) in [6.07, 6.45) is 0.487. The Balaban J connectivity index is 1.61. The Bertz CT molecular complexity index is 733. The van der Waals surface area contributed by atoms with Gasteiger partial charge in [0, 0.05) is 24.0 Å². The molecule has 2 aromatic rings. The molecule has 1 saturated heterocycles. The van der Waals surface area contributed by atoms with E-state index in [1.807, 2.05) is 43.3 Å². The van der Waals surface area contributed by atoms with E-state index in [4.69, 9.17) is 16.3 Å². The van der Waals surface area contributed by atoms with Crippen LogP contribution in [0.4, 0.5) is 4.79 Å². The largest absolute Gasteiger partial charge is 0.508 e. The molecule has 4 nitrogen and oxygen atoms in total. The van der Waals surface area contributed by atoms with E-state index in [1.165, 1.54) is 0 Å². The number of halogens is 1. The number of benzene rings is 2. The first-order valence-corrected chi connectivity index (χ1v) is 8.37. The second-order valence-corrected chi connectivity index (χ2v) is 6.54. The highest BCUT2D eigenvalue weighted by molar-refractivity contribution is 6.31. The normalized spacial score (nSPS) is 17.1.